The number of carbonyl (C=O) groups excluding carboxylic acids is 1. The molecule has 1 aromatic heterocycles. The molecular formula is C28H31N3O4. The molecule has 182 valence electrons. The zero-order valence-electron chi connectivity index (χ0n) is 20.5. The van der Waals surface area contributed by atoms with Crippen LogP contribution in [0.25, 0.3) is 0 Å². The summed E-state index contributed by atoms with van der Waals surface area (Å²) in [5.74, 6) is 1.30. The van der Waals surface area contributed by atoms with E-state index in [9.17, 15) is 4.79 Å². The smallest absolute Gasteiger partial charge is 0.303 e. The molecular weight excluding hydrogens is 442 g/mol. The maximum absolute atomic E-state index is 11.5. The fourth-order valence-corrected chi connectivity index (χ4v) is 4.82. The molecule has 2 aromatic carbocycles. The summed E-state index contributed by atoms with van der Waals surface area (Å²) < 4.78 is 17.6. The molecule has 0 radical (unpaired) electrons. The predicted molar refractivity (Wildman–Crippen MR) is 135 cm³/mol. The molecule has 0 aliphatic carbocycles. The van der Waals surface area contributed by atoms with Crippen LogP contribution in [0.1, 0.15) is 67.8 Å². The van der Waals surface area contributed by atoms with Gasteiger partial charge in [-0.1, -0.05) is 19.1 Å². The van der Waals surface area contributed by atoms with Crippen molar-refractivity contribution < 1.29 is 19.0 Å². The van der Waals surface area contributed by atoms with Gasteiger partial charge < -0.3 is 24.8 Å². The lowest BCUT2D eigenvalue weighted by molar-refractivity contribution is -0.149. The molecule has 4 atom stereocenters. The minimum Gasteiger partial charge on any atom is -0.489 e. The lowest BCUT2D eigenvalue weighted by atomic mass is 10.0. The maximum Gasteiger partial charge on any atom is 0.303 e. The van der Waals surface area contributed by atoms with E-state index in [4.69, 9.17) is 14.2 Å². The molecule has 3 aromatic rings. The highest BCUT2D eigenvalue weighted by Gasteiger charge is 2.34. The van der Waals surface area contributed by atoms with E-state index in [1.165, 1.54) is 12.5 Å². The first kappa shape index (κ1) is 23.0. The van der Waals surface area contributed by atoms with Crippen molar-refractivity contribution in [3.05, 3.63) is 77.1 Å². The molecule has 3 heterocycles. The quantitative estimate of drug-likeness (QED) is 0.415. The van der Waals surface area contributed by atoms with E-state index in [2.05, 4.69) is 53.7 Å². The molecule has 2 N–H and O–H groups in total. The Bertz CT molecular complexity index is 1240. The lowest BCUT2D eigenvalue weighted by Crippen LogP contribution is -2.18. The van der Waals surface area contributed by atoms with Gasteiger partial charge in [0.1, 0.15) is 24.2 Å². The molecule has 0 amide bonds. The van der Waals surface area contributed by atoms with Gasteiger partial charge >= 0.3 is 5.97 Å². The third-order valence-corrected chi connectivity index (χ3v) is 6.54. The van der Waals surface area contributed by atoms with Crippen LogP contribution in [-0.4, -0.2) is 23.7 Å². The topological polar surface area (TPSA) is 81.7 Å². The molecule has 0 saturated heterocycles. The van der Waals surface area contributed by atoms with Gasteiger partial charge in [0, 0.05) is 36.0 Å². The largest absolute Gasteiger partial charge is 0.489 e. The second kappa shape index (κ2) is 9.49. The van der Waals surface area contributed by atoms with Gasteiger partial charge in [-0.3, -0.25) is 9.78 Å². The van der Waals surface area contributed by atoms with Crippen molar-refractivity contribution >= 4 is 17.3 Å². The number of carbonyl (C=O) groups is 1. The third kappa shape index (κ3) is 4.63. The summed E-state index contributed by atoms with van der Waals surface area (Å²) in [5.41, 5.74) is 6.11. The molecule has 0 spiro atoms. The number of hydrogen-bond donors (Lipinski definition) is 2. The van der Waals surface area contributed by atoms with Crippen LogP contribution >= 0.6 is 0 Å². The van der Waals surface area contributed by atoms with E-state index in [1.54, 1.807) is 0 Å². The Balaban J connectivity index is 1.34. The van der Waals surface area contributed by atoms with E-state index in [0.717, 1.165) is 46.1 Å². The van der Waals surface area contributed by atoms with E-state index < -0.39 is 0 Å². The minimum atomic E-state index is -0.380. The maximum atomic E-state index is 11.5. The summed E-state index contributed by atoms with van der Waals surface area (Å²) in [4.78, 5) is 16.0. The average Bonchev–Trinajstić information content (AvgIpc) is 3.38. The van der Waals surface area contributed by atoms with Crippen LogP contribution in [0.5, 0.6) is 11.5 Å². The Kier molecular flexibility index (Phi) is 6.24. The van der Waals surface area contributed by atoms with Crippen LogP contribution < -0.4 is 20.1 Å². The van der Waals surface area contributed by atoms with Crippen molar-refractivity contribution in [3.8, 4) is 11.5 Å². The molecule has 5 rings (SSSR count). The lowest BCUT2D eigenvalue weighted by Gasteiger charge is -2.20. The van der Waals surface area contributed by atoms with E-state index in [-0.39, 0.29) is 30.3 Å². The van der Waals surface area contributed by atoms with Gasteiger partial charge in [-0.25, -0.2) is 0 Å². The number of aromatic nitrogens is 1. The Morgan fingerprint density at radius 2 is 2.06 bits per heavy atom. The molecule has 35 heavy (non-hydrogen) atoms. The van der Waals surface area contributed by atoms with E-state index >= 15 is 0 Å². The van der Waals surface area contributed by atoms with Crippen LogP contribution in [0.4, 0.5) is 11.4 Å². The Morgan fingerprint density at radius 1 is 1.20 bits per heavy atom. The minimum absolute atomic E-state index is 0.00469. The van der Waals surface area contributed by atoms with Crippen molar-refractivity contribution in [2.75, 3.05) is 17.2 Å². The van der Waals surface area contributed by atoms with Gasteiger partial charge in [-0.2, -0.15) is 0 Å². The first-order valence-corrected chi connectivity index (χ1v) is 12.1. The fraction of sp³-hybridized carbons (Fsp3) is 0.357. The normalized spacial score (nSPS) is 20.7. The molecule has 2 aliphatic heterocycles. The number of fused-ring (bicyclic) bond motifs is 2. The van der Waals surface area contributed by atoms with Crippen molar-refractivity contribution in [2.45, 2.75) is 58.4 Å². The Labute approximate surface area is 205 Å². The Hall–Kier alpha value is -3.74. The number of anilines is 2. The number of esters is 1. The van der Waals surface area contributed by atoms with Gasteiger partial charge in [-0.15, -0.1) is 0 Å². The molecule has 0 bridgehead atoms. The number of para-hydroxylation sites is 1. The summed E-state index contributed by atoms with van der Waals surface area (Å²) in [5, 5.41) is 7.22. The molecule has 2 unspecified atom stereocenters. The van der Waals surface area contributed by atoms with Gasteiger partial charge in [0.2, 0.25) is 0 Å². The van der Waals surface area contributed by atoms with Crippen molar-refractivity contribution in [2.24, 2.45) is 0 Å². The number of nitrogens with one attached hydrogen (secondary N) is 2. The first-order chi connectivity index (χ1) is 16.9. The highest BCUT2D eigenvalue weighted by Crippen LogP contribution is 2.44. The summed E-state index contributed by atoms with van der Waals surface area (Å²) in [6, 6.07) is 16.4. The third-order valence-electron chi connectivity index (χ3n) is 6.54. The number of hydrogen-bond acceptors (Lipinski definition) is 7. The molecule has 0 saturated carbocycles. The summed E-state index contributed by atoms with van der Waals surface area (Å²) in [6.45, 7) is 8.09. The van der Waals surface area contributed by atoms with Crippen LogP contribution in [-0.2, 0) is 9.53 Å². The SMILES string of the molecule is CCC(Nc1cccc2c1OC[C@H]2Nc1ccc2c(c1)OC(C)[C@H]2OC(C)=O)c1cc(C)ccn1. The highest BCUT2D eigenvalue weighted by atomic mass is 16.6. The van der Waals surface area contributed by atoms with Crippen LogP contribution in [0, 0.1) is 6.92 Å². The van der Waals surface area contributed by atoms with Gasteiger partial charge in [0.25, 0.3) is 0 Å². The summed E-state index contributed by atoms with van der Waals surface area (Å²) >= 11 is 0. The zero-order chi connectivity index (χ0) is 24.5. The van der Waals surface area contributed by atoms with Gasteiger partial charge in [0.15, 0.2) is 6.10 Å². The molecule has 7 nitrogen and oxygen atoms in total. The summed E-state index contributed by atoms with van der Waals surface area (Å²) in [7, 11) is 0. The molecule has 7 heteroatoms. The highest BCUT2D eigenvalue weighted by molar-refractivity contribution is 5.67. The van der Waals surface area contributed by atoms with Crippen LogP contribution in [0.2, 0.25) is 0 Å². The average molecular weight is 474 g/mol. The number of benzene rings is 2. The zero-order valence-corrected chi connectivity index (χ0v) is 20.5. The second-order valence-corrected chi connectivity index (χ2v) is 9.20. The number of pyridine rings is 1. The van der Waals surface area contributed by atoms with Crippen molar-refractivity contribution in [1.29, 1.82) is 0 Å². The standard InChI is InChI=1S/C28H31N3O4/c1-5-22(24-13-16(2)11-12-29-24)31-23-8-6-7-20-25(15-33-28(20)23)30-19-9-10-21-26(14-19)34-17(3)27(21)35-18(4)32/h6-14,17,22,25,27,30-31H,5,15H2,1-4H3/t17?,22?,25-,27-/m1/s1. The number of nitrogens with zero attached hydrogens (tertiary/aromatic N) is 1. The Morgan fingerprint density at radius 3 is 2.83 bits per heavy atom. The van der Waals surface area contributed by atoms with Gasteiger partial charge in [-0.05, 0) is 56.2 Å². The van der Waals surface area contributed by atoms with E-state index in [1.807, 2.05) is 37.4 Å². The predicted octanol–water partition coefficient (Wildman–Crippen LogP) is 5.88. The molecule has 0 fully saturated rings. The van der Waals surface area contributed by atoms with Gasteiger partial charge in [0.05, 0.1) is 23.5 Å². The van der Waals surface area contributed by atoms with E-state index in [0.29, 0.717) is 6.61 Å². The monoisotopic (exact) mass is 473 g/mol. The van der Waals surface area contributed by atoms with Crippen LogP contribution in [0.3, 0.4) is 0 Å². The summed E-state index contributed by atoms with van der Waals surface area (Å²) in [6.07, 6.45) is 2.16. The van der Waals surface area contributed by atoms with Crippen molar-refractivity contribution in [3.63, 3.8) is 0 Å². The number of rotatable bonds is 7. The molecule has 2 aliphatic rings. The van der Waals surface area contributed by atoms with Crippen LogP contribution in [0.15, 0.2) is 54.7 Å². The fourth-order valence-electron chi connectivity index (χ4n) is 4.82. The number of ether oxygens (including phenoxy) is 3. The second-order valence-electron chi connectivity index (χ2n) is 9.20. The number of aryl methyl sites for hydroxylation is 1. The van der Waals surface area contributed by atoms with Crippen molar-refractivity contribution in [1.82, 2.24) is 4.98 Å². The first-order valence-electron chi connectivity index (χ1n) is 12.1.